The molecule has 1 saturated carbocycles. The smallest absolute Gasteiger partial charge is 0.349 e. The zero-order valence-corrected chi connectivity index (χ0v) is 10.7. The third kappa shape index (κ3) is 2.30. The van der Waals surface area contributed by atoms with Gasteiger partial charge < -0.3 is 30.9 Å². The van der Waals surface area contributed by atoms with Crippen molar-refractivity contribution in [2.45, 2.75) is 36.6 Å². The molecule has 20 heavy (non-hydrogen) atoms. The maximum absolute atomic E-state index is 11.8. The quantitative estimate of drug-likeness (QED) is 0.382. The highest BCUT2D eigenvalue weighted by Gasteiger charge is 2.50. The summed E-state index contributed by atoms with van der Waals surface area (Å²) >= 11 is 0. The van der Waals surface area contributed by atoms with Gasteiger partial charge in [0, 0.05) is 13.3 Å². The predicted molar refractivity (Wildman–Crippen MR) is 66.8 cm³/mol. The van der Waals surface area contributed by atoms with Crippen LogP contribution in [0, 0.1) is 0 Å². The first-order valence-corrected chi connectivity index (χ1v) is 5.98. The Labute approximate surface area is 113 Å². The highest BCUT2D eigenvalue weighted by molar-refractivity contribution is 5.24. The lowest BCUT2D eigenvalue weighted by molar-refractivity contribution is -0.206. The summed E-state index contributed by atoms with van der Waals surface area (Å²) in [6.45, 7) is 0. The van der Waals surface area contributed by atoms with Gasteiger partial charge in [-0.2, -0.15) is 4.98 Å². The van der Waals surface area contributed by atoms with Crippen molar-refractivity contribution in [2.24, 2.45) is 0 Å². The van der Waals surface area contributed by atoms with Crippen LogP contribution in [-0.4, -0.2) is 67.6 Å². The molecule has 1 fully saturated rings. The van der Waals surface area contributed by atoms with E-state index in [1.54, 1.807) is 0 Å². The van der Waals surface area contributed by atoms with Gasteiger partial charge in [0.05, 0.1) is 6.04 Å². The van der Waals surface area contributed by atoms with E-state index in [0.29, 0.717) is 0 Å². The minimum atomic E-state index is -1.62. The molecule has 0 aliphatic heterocycles. The molecule has 2 rings (SSSR count). The van der Waals surface area contributed by atoms with E-state index in [4.69, 9.17) is 10.5 Å². The minimum Gasteiger partial charge on any atom is -0.388 e. The van der Waals surface area contributed by atoms with Crippen LogP contribution in [0.5, 0.6) is 0 Å². The lowest BCUT2D eigenvalue weighted by Crippen LogP contribution is -2.62. The lowest BCUT2D eigenvalue weighted by atomic mass is 9.83. The first-order chi connectivity index (χ1) is 9.38. The standard InChI is InChI=1S/C11H17N3O6/c1-20-10-5(6(15)7(16)8(17)9(10)18)14-3-2-4(12)13-11(14)19/h2-3,5-10,15-18H,1H3,(H2,12,13,19)/t5-,6-,7-,8+,9+,10+/m1/s1. The van der Waals surface area contributed by atoms with Crippen LogP contribution in [-0.2, 0) is 4.74 Å². The molecule has 0 saturated heterocycles. The summed E-state index contributed by atoms with van der Waals surface area (Å²) in [5.74, 6) is 0.00616. The fraction of sp³-hybridized carbons (Fsp3) is 0.636. The van der Waals surface area contributed by atoms with Crippen LogP contribution < -0.4 is 11.4 Å². The number of anilines is 1. The van der Waals surface area contributed by atoms with Gasteiger partial charge in [0.2, 0.25) is 0 Å². The van der Waals surface area contributed by atoms with Gasteiger partial charge in [-0.3, -0.25) is 4.57 Å². The molecular weight excluding hydrogens is 270 g/mol. The largest absolute Gasteiger partial charge is 0.388 e. The number of nitrogens with zero attached hydrogens (tertiary/aromatic N) is 2. The van der Waals surface area contributed by atoms with Crippen molar-refractivity contribution < 1.29 is 25.2 Å². The highest BCUT2D eigenvalue weighted by Crippen LogP contribution is 2.31. The fourth-order valence-electron chi connectivity index (χ4n) is 2.45. The molecule has 0 unspecified atom stereocenters. The van der Waals surface area contributed by atoms with Gasteiger partial charge in [-0.1, -0.05) is 0 Å². The van der Waals surface area contributed by atoms with Gasteiger partial charge in [0.1, 0.15) is 36.3 Å². The summed E-state index contributed by atoms with van der Waals surface area (Å²) < 4.78 is 6.05. The Balaban J connectivity index is 2.48. The Hall–Kier alpha value is -1.52. The number of nitrogen functional groups attached to an aromatic ring is 1. The number of aromatic nitrogens is 2. The van der Waals surface area contributed by atoms with Crippen molar-refractivity contribution >= 4 is 5.82 Å². The Kier molecular flexibility index (Phi) is 4.06. The van der Waals surface area contributed by atoms with E-state index in [1.807, 2.05) is 0 Å². The van der Waals surface area contributed by atoms with Crippen molar-refractivity contribution in [1.82, 2.24) is 9.55 Å². The van der Waals surface area contributed by atoms with Crippen LogP contribution in [0.1, 0.15) is 6.04 Å². The Bertz CT molecular complexity index is 535. The van der Waals surface area contributed by atoms with Gasteiger partial charge >= 0.3 is 5.69 Å². The van der Waals surface area contributed by atoms with Crippen molar-refractivity contribution in [1.29, 1.82) is 0 Å². The van der Waals surface area contributed by atoms with Crippen molar-refractivity contribution in [2.75, 3.05) is 12.8 Å². The monoisotopic (exact) mass is 287 g/mol. The number of hydrogen-bond acceptors (Lipinski definition) is 8. The molecule has 1 aliphatic carbocycles. The molecule has 9 nitrogen and oxygen atoms in total. The number of rotatable bonds is 2. The average molecular weight is 287 g/mol. The SMILES string of the molecule is CO[C@@H]1[C@@H](O)[C@@H](O)[C@H](O)[C@H](O)[C@H]1n1ccc(N)nc1=O. The zero-order valence-electron chi connectivity index (χ0n) is 10.7. The molecule has 6 atom stereocenters. The van der Waals surface area contributed by atoms with E-state index in [-0.39, 0.29) is 5.82 Å². The minimum absolute atomic E-state index is 0.00616. The second kappa shape index (κ2) is 5.46. The van der Waals surface area contributed by atoms with Gasteiger partial charge in [-0.25, -0.2) is 4.79 Å². The fourth-order valence-corrected chi connectivity index (χ4v) is 2.45. The summed E-state index contributed by atoms with van der Waals surface area (Å²) in [5, 5.41) is 39.3. The van der Waals surface area contributed by atoms with E-state index in [2.05, 4.69) is 4.98 Å². The Morgan fingerprint density at radius 1 is 1.20 bits per heavy atom. The van der Waals surface area contributed by atoms with Crippen LogP contribution in [0.25, 0.3) is 0 Å². The van der Waals surface area contributed by atoms with Crippen LogP contribution in [0.15, 0.2) is 17.1 Å². The summed E-state index contributed by atoms with van der Waals surface area (Å²) in [6.07, 6.45) is -5.99. The molecule has 112 valence electrons. The molecule has 0 spiro atoms. The number of nitrogens with two attached hydrogens (primary N) is 1. The molecule has 0 bridgehead atoms. The topological polar surface area (TPSA) is 151 Å². The number of aliphatic hydroxyl groups excluding tert-OH is 4. The van der Waals surface area contributed by atoms with E-state index < -0.39 is 42.3 Å². The summed E-state index contributed by atoms with van der Waals surface area (Å²) in [7, 11) is 1.26. The Morgan fingerprint density at radius 3 is 2.35 bits per heavy atom. The predicted octanol–water partition coefficient (Wildman–Crippen LogP) is -3.16. The van der Waals surface area contributed by atoms with Gasteiger partial charge in [-0.05, 0) is 6.07 Å². The lowest BCUT2D eigenvalue weighted by Gasteiger charge is -2.43. The van der Waals surface area contributed by atoms with Crippen molar-refractivity contribution in [3.63, 3.8) is 0 Å². The van der Waals surface area contributed by atoms with Crippen LogP contribution in [0.3, 0.4) is 0 Å². The number of aliphatic hydroxyl groups is 4. The molecule has 1 aromatic rings. The summed E-state index contributed by atoms with van der Waals surface area (Å²) in [6, 6.07) is 0.235. The summed E-state index contributed by atoms with van der Waals surface area (Å²) in [4.78, 5) is 15.3. The third-order valence-electron chi connectivity index (χ3n) is 3.52. The third-order valence-corrected chi connectivity index (χ3v) is 3.52. The van der Waals surface area contributed by atoms with Crippen LogP contribution in [0.2, 0.25) is 0 Å². The molecule has 6 N–H and O–H groups in total. The van der Waals surface area contributed by atoms with Crippen LogP contribution >= 0.6 is 0 Å². The number of ether oxygens (including phenoxy) is 1. The molecule has 0 radical (unpaired) electrons. The van der Waals surface area contributed by atoms with E-state index in [9.17, 15) is 25.2 Å². The first-order valence-electron chi connectivity index (χ1n) is 5.98. The second-order valence-electron chi connectivity index (χ2n) is 4.70. The molecular formula is C11H17N3O6. The van der Waals surface area contributed by atoms with Gasteiger partial charge in [0.25, 0.3) is 0 Å². The van der Waals surface area contributed by atoms with Crippen molar-refractivity contribution in [3.05, 3.63) is 22.7 Å². The normalized spacial score (nSPS) is 37.9. The van der Waals surface area contributed by atoms with Gasteiger partial charge in [-0.15, -0.1) is 0 Å². The maximum atomic E-state index is 11.8. The first kappa shape index (κ1) is 14.9. The maximum Gasteiger partial charge on any atom is 0.349 e. The van der Waals surface area contributed by atoms with E-state index >= 15 is 0 Å². The van der Waals surface area contributed by atoms with Gasteiger partial charge in [0.15, 0.2) is 0 Å². The molecule has 0 aromatic carbocycles. The molecule has 1 aromatic heterocycles. The summed E-state index contributed by atoms with van der Waals surface area (Å²) in [5.41, 5.74) is 4.62. The number of methoxy groups -OCH3 is 1. The highest BCUT2D eigenvalue weighted by atomic mass is 16.5. The average Bonchev–Trinajstić information content (AvgIpc) is 2.41. The molecule has 1 heterocycles. The van der Waals surface area contributed by atoms with Crippen LogP contribution in [0.4, 0.5) is 5.82 Å². The molecule has 9 heteroatoms. The number of hydrogen-bond donors (Lipinski definition) is 5. The van der Waals surface area contributed by atoms with Crippen molar-refractivity contribution in [3.8, 4) is 0 Å². The molecule has 0 amide bonds. The van der Waals surface area contributed by atoms with E-state index in [1.165, 1.54) is 19.4 Å². The zero-order chi connectivity index (χ0) is 15.0. The van der Waals surface area contributed by atoms with E-state index in [0.717, 1.165) is 4.57 Å². The Morgan fingerprint density at radius 2 is 1.80 bits per heavy atom. The second-order valence-corrected chi connectivity index (χ2v) is 4.70. The molecule has 1 aliphatic rings.